The predicted octanol–water partition coefficient (Wildman–Crippen LogP) is 31.9. The maximum atomic E-state index is 13.0. The van der Waals surface area contributed by atoms with Crippen molar-refractivity contribution in [3.8, 4) is 0 Å². The van der Waals surface area contributed by atoms with Crippen LogP contribution in [0.25, 0.3) is 0 Å². The lowest BCUT2D eigenvalue weighted by molar-refractivity contribution is -0.870. The van der Waals surface area contributed by atoms with Gasteiger partial charge in [0, 0.05) is 12.8 Å². The molecule has 0 saturated heterocycles. The van der Waals surface area contributed by atoms with E-state index in [-0.39, 0.29) is 25.6 Å². The third-order valence-corrected chi connectivity index (χ3v) is 23.0. The Balaban J connectivity index is 3.80. The summed E-state index contributed by atoms with van der Waals surface area (Å²) in [6.45, 7) is 4.53. The van der Waals surface area contributed by atoms with Gasteiger partial charge in [-0.1, -0.05) is 481 Å². The number of likely N-dealkylation sites (N-methyl/N-ethyl adjacent to an activating group) is 1. The fourth-order valence-corrected chi connectivity index (χ4v) is 15.6. The second kappa shape index (κ2) is 85.5. The summed E-state index contributed by atoms with van der Waals surface area (Å²) >= 11 is 0. The van der Waals surface area contributed by atoms with Crippen LogP contribution in [0.5, 0.6) is 0 Å². The van der Waals surface area contributed by atoms with Crippen LogP contribution in [0.1, 0.15) is 515 Å². The van der Waals surface area contributed by atoms with Gasteiger partial charge in [0.15, 0.2) is 6.10 Å². The molecule has 0 aromatic rings. The molecule has 618 valence electrons. The summed E-state index contributed by atoms with van der Waals surface area (Å²) in [7, 11) is 1.51. The van der Waals surface area contributed by atoms with E-state index >= 15 is 0 Å². The molecule has 1 N–H and O–H groups in total. The van der Waals surface area contributed by atoms with Crippen molar-refractivity contribution in [1.29, 1.82) is 0 Å². The average molecular weight is 1490 g/mol. The number of phosphoric ester groups is 1. The summed E-state index contributed by atoms with van der Waals surface area (Å²) in [5.74, 6) is -0.764. The monoisotopic (exact) mass is 1490 g/mol. The fourth-order valence-electron chi connectivity index (χ4n) is 14.8. The van der Waals surface area contributed by atoms with Crippen LogP contribution >= 0.6 is 7.82 Å². The number of unbranched alkanes of at least 4 members (excludes halogenated alkanes) is 72. The van der Waals surface area contributed by atoms with Crippen molar-refractivity contribution in [3.63, 3.8) is 0 Å². The van der Waals surface area contributed by atoms with Crippen molar-refractivity contribution in [2.75, 3.05) is 47.5 Å². The molecule has 0 aromatic heterocycles. The minimum absolute atomic E-state index is 0.0369. The normalized spacial score (nSPS) is 12.9. The van der Waals surface area contributed by atoms with E-state index in [1.807, 2.05) is 21.1 Å². The van der Waals surface area contributed by atoms with Gasteiger partial charge >= 0.3 is 19.8 Å². The Kier molecular flexibility index (Phi) is 84.2. The van der Waals surface area contributed by atoms with Gasteiger partial charge in [-0.05, 0) is 44.9 Å². The molecule has 0 aliphatic rings. The number of carbonyl (C=O) groups is 2. The summed E-state index contributed by atoms with van der Waals surface area (Å²) in [6.07, 6.45) is 113. The van der Waals surface area contributed by atoms with Crippen LogP contribution in [0.3, 0.4) is 0 Å². The van der Waals surface area contributed by atoms with Crippen molar-refractivity contribution in [2.45, 2.75) is 521 Å². The number of nitrogens with zero attached hydrogens (tertiary/aromatic N) is 1. The van der Waals surface area contributed by atoms with Crippen molar-refractivity contribution in [2.24, 2.45) is 0 Å². The largest absolute Gasteiger partial charge is 0.472 e. The number of rotatable bonds is 90. The lowest BCUT2D eigenvalue weighted by Gasteiger charge is -2.24. The van der Waals surface area contributed by atoms with Crippen LogP contribution in [0.2, 0.25) is 0 Å². The maximum Gasteiger partial charge on any atom is 0.472 e. The summed E-state index contributed by atoms with van der Waals surface area (Å²) in [5.41, 5.74) is 0. The van der Waals surface area contributed by atoms with Gasteiger partial charge in [0.1, 0.15) is 19.8 Å². The highest BCUT2D eigenvalue weighted by Gasteiger charge is 2.27. The maximum absolute atomic E-state index is 13.0. The second-order valence-electron chi connectivity index (χ2n) is 33.8. The Morgan fingerprint density at radius 1 is 0.298 bits per heavy atom. The number of allylic oxidation sites excluding steroid dienone is 4. The van der Waals surface area contributed by atoms with Crippen LogP contribution in [0.15, 0.2) is 24.3 Å². The highest BCUT2D eigenvalue weighted by molar-refractivity contribution is 7.47. The zero-order valence-electron chi connectivity index (χ0n) is 71.1. The van der Waals surface area contributed by atoms with Gasteiger partial charge in [-0.25, -0.2) is 4.57 Å². The van der Waals surface area contributed by atoms with Gasteiger partial charge in [0.2, 0.25) is 0 Å². The van der Waals surface area contributed by atoms with Gasteiger partial charge in [0.25, 0.3) is 0 Å². The molecule has 0 amide bonds. The zero-order chi connectivity index (χ0) is 75.4. The molecule has 0 bridgehead atoms. The summed E-state index contributed by atoms with van der Waals surface area (Å²) in [6, 6.07) is 0. The molecule has 2 unspecified atom stereocenters. The number of esters is 2. The first-order chi connectivity index (χ1) is 51.0. The third-order valence-electron chi connectivity index (χ3n) is 22.0. The van der Waals surface area contributed by atoms with Gasteiger partial charge in [-0.3, -0.25) is 18.6 Å². The van der Waals surface area contributed by atoms with E-state index in [9.17, 15) is 19.0 Å². The topological polar surface area (TPSA) is 108 Å². The minimum Gasteiger partial charge on any atom is -0.462 e. The number of hydrogen-bond acceptors (Lipinski definition) is 7. The zero-order valence-corrected chi connectivity index (χ0v) is 72.0. The van der Waals surface area contributed by atoms with Gasteiger partial charge in [-0.2, -0.15) is 0 Å². The molecule has 0 saturated carbocycles. The third kappa shape index (κ3) is 89.4. The van der Waals surface area contributed by atoms with Crippen LogP contribution in [0, 0.1) is 0 Å². The van der Waals surface area contributed by atoms with Crippen molar-refractivity contribution in [1.82, 2.24) is 0 Å². The van der Waals surface area contributed by atoms with Gasteiger partial charge in [-0.15, -0.1) is 0 Å². The first kappa shape index (κ1) is 102. The SMILES string of the molecule is CCCCCCC/C=C\C/C=C\CCCCCCCCCCCCCCCCCCCCCCCCCCCCCCCC(=O)OC(COC(=O)CCCCCCCCCCCCCCCCCCCCCCCCCCCCCCCCCCCCCCCCC)COP(=O)(O)OCC[N+](C)(C)C. The molecule has 0 aliphatic heterocycles. The Hall–Kier alpha value is -1.51. The highest BCUT2D eigenvalue weighted by Crippen LogP contribution is 2.43. The van der Waals surface area contributed by atoms with Gasteiger partial charge < -0.3 is 18.9 Å². The lowest BCUT2D eigenvalue weighted by Crippen LogP contribution is -2.37. The van der Waals surface area contributed by atoms with Crippen LogP contribution in [-0.2, 0) is 32.7 Å². The summed E-state index contributed by atoms with van der Waals surface area (Å²) < 4.78 is 34.9. The molecule has 0 heterocycles. The van der Waals surface area contributed by atoms with E-state index in [1.165, 1.54) is 443 Å². The number of quaternary nitrogens is 1. The van der Waals surface area contributed by atoms with Crippen molar-refractivity contribution >= 4 is 19.8 Å². The van der Waals surface area contributed by atoms with Crippen LogP contribution < -0.4 is 0 Å². The molecule has 9 nitrogen and oxygen atoms in total. The molecule has 10 heteroatoms. The number of carbonyl (C=O) groups excluding carboxylic acids is 2. The Morgan fingerprint density at radius 2 is 0.519 bits per heavy atom. The number of phosphoric acid groups is 1. The standard InChI is InChI=1S/C94H184NO8P/c1-6-8-10-12-14-16-18-20-22-24-26-28-30-32-34-36-38-40-42-44-46-47-49-51-53-55-57-59-61-63-65-67-69-71-73-75-77-79-81-83-85-87-94(97)103-92(91-102-104(98,99)101-89-88-95(3,4)5)90-100-93(96)86-84-82-80-78-76-74-72-70-68-66-64-62-60-58-56-54-52-50-48-45-43-41-39-37-35-33-31-29-27-25-23-21-19-17-15-13-11-9-7-2/h18,20,24,26,92H,6-17,19,21-23,25,27-91H2,1-5H3/p+1/b20-18-,26-24-. The molecule has 0 aliphatic carbocycles. The molecule has 0 radical (unpaired) electrons. The van der Waals surface area contributed by atoms with Crippen LogP contribution in [-0.4, -0.2) is 74.9 Å². The lowest BCUT2D eigenvalue weighted by atomic mass is 10.0. The Labute approximate surface area is 650 Å². The summed E-state index contributed by atoms with van der Waals surface area (Å²) in [5, 5.41) is 0. The van der Waals surface area contributed by atoms with Crippen LogP contribution in [0.4, 0.5) is 0 Å². The molecule has 0 spiro atoms. The first-order valence-electron chi connectivity index (χ1n) is 47.1. The smallest absolute Gasteiger partial charge is 0.462 e. The fraction of sp³-hybridized carbons (Fsp3) is 0.936. The Bertz CT molecular complexity index is 1800. The molecular weight excluding hydrogens is 1300 g/mol. The van der Waals surface area contributed by atoms with Crippen molar-refractivity contribution < 1.29 is 42.1 Å². The van der Waals surface area contributed by atoms with E-state index in [2.05, 4.69) is 38.2 Å². The van der Waals surface area contributed by atoms with E-state index in [4.69, 9.17) is 18.5 Å². The molecule has 0 aromatic carbocycles. The van der Waals surface area contributed by atoms with E-state index < -0.39 is 26.5 Å². The van der Waals surface area contributed by atoms with E-state index in [0.717, 1.165) is 44.9 Å². The highest BCUT2D eigenvalue weighted by atomic mass is 31.2. The molecule has 104 heavy (non-hydrogen) atoms. The van der Waals surface area contributed by atoms with E-state index in [0.29, 0.717) is 17.4 Å². The summed E-state index contributed by atoms with van der Waals surface area (Å²) in [4.78, 5) is 36.1. The van der Waals surface area contributed by atoms with E-state index in [1.54, 1.807) is 0 Å². The molecule has 0 fully saturated rings. The predicted molar refractivity (Wildman–Crippen MR) is 455 cm³/mol. The first-order valence-corrected chi connectivity index (χ1v) is 48.6. The molecule has 0 rings (SSSR count). The number of hydrogen-bond donors (Lipinski definition) is 1. The van der Waals surface area contributed by atoms with Gasteiger partial charge in [0.05, 0.1) is 27.7 Å². The van der Waals surface area contributed by atoms with Crippen molar-refractivity contribution in [3.05, 3.63) is 24.3 Å². The molecular formula is C94H185NO8P+. The molecule has 2 atom stereocenters. The average Bonchev–Trinajstić information content (AvgIpc) is 0.920. The Morgan fingerprint density at radius 3 is 0.760 bits per heavy atom. The number of ether oxygens (including phenoxy) is 2. The second-order valence-corrected chi connectivity index (χ2v) is 35.2. The minimum atomic E-state index is -4.39. The quantitative estimate of drug-likeness (QED) is 0.0211.